The Morgan fingerprint density at radius 2 is 2.15 bits per heavy atom. The topological polar surface area (TPSA) is 33.2 Å². The monoisotopic (exact) mass is 286 g/mol. The standard InChI is InChI=1S/C16H15ClN2O/c1-19(16(20)13-8-9-18-10-14(13)17)15-7-6-11-4-2-3-5-12(11)15/h2-5,8-10,15H,6-7H2,1H3. The zero-order valence-corrected chi connectivity index (χ0v) is 12.0. The highest BCUT2D eigenvalue weighted by Crippen LogP contribution is 2.35. The van der Waals surface area contributed by atoms with Crippen LogP contribution in [0.5, 0.6) is 0 Å². The summed E-state index contributed by atoms with van der Waals surface area (Å²) in [5, 5.41) is 0.399. The number of carbonyl (C=O) groups excluding carboxylic acids is 1. The Morgan fingerprint density at radius 1 is 1.35 bits per heavy atom. The zero-order chi connectivity index (χ0) is 14.1. The van der Waals surface area contributed by atoms with E-state index in [1.165, 1.54) is 17.3 Å². The second-order valence-electron chi connectivity index (χ2n) is 5.02. The quantitative estimate of drug-likeness (QED) is 0.846. The average Bonchev–Trinajstić information content (AvgIpc) is 2.90. The second-order valence-corrected chi connectivity index (χ2v) is 5.43. The molecule has 1 aromatic heterocycles. The summed E-state index contributed by atoms with van der Waals surface area (Å²) >= 11 is 6.06. The Balaban J connectivity index is 1.89. The van der Waals surface area contributed by atoms with Gasteiger partial charge >= 0.3 is 0 Å². The summed E-state index contributed by atoms with van der Waals surface area (Å²) < 4.78 is 0. The summed E-state index contributed by atoms with van der Waals surface area (Å²) in [5.41, 5.74) is 3.08. The van der Waals surface area contributed by atoms with Crippen molar-refractivity contribution in [3.05, 3.63) is 64.4 Å². The lowest BCUT2D eigenvalue weighted by Crippen LogP contribution is -2.30. The van der Waals surface area contributed by atoms with Gasteiger partial charge in [0.05, 0.1) is 16.6 Å². The molecule has 1 unspecified atom stereocenters. The van der Waals surface area contributed by atoms with Crippen LogP contribution in [-0.2, 0) is 6.42 Å². The van der Waals surface area contributed by atoms with Crippen LogP contribution < -0.4 is 0 Å². The van der Waals surface area contributed by atoms with Gasteiger partial charge in [0.25, 0.3) is 5.91 Å². The summed E-state index contributed by atoms with van der Waals surface area (Å²) in [7, 11) is 1.84. The molecule has 0 spiro atoms. The molecule has 2 aromatic rings. The minimum absolute atomic E-state index is 0.0564. The lowest BCUT2D eigenvalue weighted by Gasteiger charge is -2.25. The van der Waals surface area contributed by atoms with Crippen molar-refractivity contribution in [3.63, 3.8) is 0 Å². The van der Waals surface area contributed by atoms with Crippen LogP contribution in [0.1, 0.15) is 33.9 Å². The number of rotatable bonds is 2. The largest absolute Gasteiger partial charge is 0.335 e. The summed E-state index contributed by atoms with van der Waals surface area (Å²) in [4.78, 5) is 18.3. The summed E-state index contributed by atoms with van der Waals surface area (Å²) in [6.45, 7) is 0. The number of benzene rings is 1. The lowest BCUT2D eigenvalue weighted by molar-refractivity contribution is 0.0730. The van der Waals surface area contributed by atoms with Gasteiger partial charge in [-0.05, 0) is 30.0 Å². The van der Waals surface area contributed by atoms with Crippen molar-refractivity contribution in [1.82, 2.24) is 9.88 Å². The van der Waals surface area contributed by atoms with Gasteiger partial charge in [0.15, 0.2) is 0 Å². The van der Waals surface area contributed by atoms with Crippen molar-refractivity contribution in [2.75, 3.05) is 7.05 Å². The number of nitrogens with zero attached hydrogens (tertiary/aromatic N) is 2. The van der Waals surface area contributed by atoms with E-state index in [2.05, 4.69) is 17.1 Å². The highest BCUT2D eigenvalue weighted by atomic mass is 35.5. The minimum Gasteiger partial charge on any atom is -0.335 e. The number of pyridine rings is 1. The van der Waals surface area contributed by atoms with Crippen LogP contribution in [0.4, 0.5) is 0 Å². The van der Waals surface area contributed by atoms with Crippen molar-refractivity contribution in [2.24, 2.45) is 0 Å². The summed E-state index contributed by atoms with van der Waals surface area (Å²) in [6, 6.07) is 10.1. The fourth-order valence-electron chi connectivity index (χ4n) is 2.82. The Morgan fingerprint density at radius 3 is 2.95 bits per heavy atom. The number of aryl methyl sites for hydroxylation is 1. The Kier molecular flexibility index (Phi) is 3.45. The molecule has 1 atom stereocenters. The van der Waals surface area contributed by atoms with Crippen molar-refractivity contribution >= 4 is 17.5 Å². The molecular weight excluding hydrogens is 272 g/mol. The van der Waals surface area contributed by atoms with E-state index in [1.54, 1.807) is 17.2 Å². The van der Waals surface area contributed by atoms with Crippen LogP contribution in [0.2, 0.25) is 5.02 Å². The molecule has 102 valence electrons. The highest BCUT2D eigenvalue weighted by Gasteiger charge is 2.29. The molecule has 1 aliphatic carbocycles. The molecule has 1 amide bonds. The fourth-order valence-corrected chi connectivity index (χ4v) is 3.02. The van der Waals surface area contributed by atoms with Crippen LogP contribution in [0, 0.1) is 0 Å². The van der Waals surface area contributed by atoms with Gasteiger partial charge in [-0.2, -0.15) is 0 Å². The van der Waals surface area contributed by atoms with E-state index in [4.69, 9.17) is 11.6 Å². The normalized spacial score (nSPS) is 16.8. The van der Waals surface area contributed by atoms with Crippen molar-refractivity contribution in [2.45, 2.75) is 18.9 Å². The maximum atomic E-state index is 12.6. The van der Waals surface area contributed by atoms with Gasteiger partial charge in [0.1, 0.15) is 0 Å². The smallest absolute Gasteiger partial charge is 0.255 e. The Labute approximate surface area is 123 Å². The van der Waals surface area contributed by atoms with E-state index in [0.29, 0.717) is 10.6 Å². The highest BCUT2D eigenvalue weighted by molar-refractivity contribution is 6.33. The van der Waals surface area contributed by atoms with E-state index in [0.717, 1.165) is 12.8 Å². The molecule has 1 heterocycles. The molecule has 1 aromatic carbocycles. The number of amides is 1. The fraction of sp³-hybridized carbons (Fsp3) is 0.250. The first-order valence-corrected chi connectivity index (χ1v) is 7.00. The molecule has 1 aliphatic rings. The molecule has 0 bridgehead atoms. The molecule has 0 saturated heterocycles. The predicted molar refractivity (Wildman–Crippen MR) is 78.8 cm³/mol. The number of fused-ring (bicyclic) bond motifs is 1. The van der Waals surface area contributed by atoms with E-state index < -0.39 is 0 Å². The minimum atomic E-state index is -0.0564. The lowest BCUT2D eigenvalue weighted by atomic mass is 10.1. The maximum Gasteiger partial charge on any atom is 0.255 e. The third-order valence-electron chi connectivity index (χ3n) is 3.89. The molecule has 3 rings (SSSR count). The van der Waals surface area contributed by atoms with Crippen LogP contribution in [0.25, 0.3) is 0 Å². The van der Waals surface area contributed by atoms with E-state index in [-0.39, 0.29) is 11.9 Å². The predicted octanol–water partition coefficient (Wildman–Crippen LogP) is 3.49. The first-order chi connectivity index (χ1) is 9.68. The first-order valence-electron chi connectivity index (χ1n) is 6.63. The number of carbonyl (C=O) groups is 1. The van der Waals surface area contributed by atoms with Gasteiger partial charge in [-0.15, -0.1) is 0 Å². The van der Waals surface area contributed by atoms with Gasteiger partial charge in [-0.25, -0.2) is 0 Å². The van der Waals surface area contributed by atoms with Gasteiger partial charge in [-0.3, -0.25) is 9.78 Å². The van der Waals surface area contributed by atoms with Crippen LogP contribution >= 0.6 is 11.6 Å². The zero-order valence-electron chi connectivity index (χ0n) is 11.2. The van der Waals surface area contributed by atoms with Gasteiger partial charge in [-0.1, -0.05) is 35.9 Å². The van der Waals surface area contributed by atoms with Gasteiger partial charge in [0, 0.05) is 19.4 Å². The maximum absolute atomic E-state index is 12.6. The van der Waals surface area contributed by atoms with E-state index in [1.807, 2.05) is 19.2 Å². The molecule has 0 aliphatic heterocycles. The van der Waals surface area contributed by atoms with Crippen LogP contribution in [0.3, 0.4) is 0 Å². The molecule has 3 nitrogen and oxygen atoms in total. The second kappa shape index (κ2) is 5.25. The van der Waals surface area contributed by atoms with Crippen molar-refractivity contribution in [1.29, 1.82) is 0 Å². The van der Waals surface area contributed by atoms with Crippen LogP contribution in [0.15, 0.2) is 42.7 Å². The van der Waals surface area contributed by atoms with Crippen molar-refractivity contribution in [3.8, 4) is 0 Å². The number of hydrogen-bond acceptors (Lipinski definition) is 2. The Bertz CT molecular complexity index is 656. The molecular formula is C16H15ClN2O. The number of aromatic nitrogens is 1. The third kappa shape index (κ3) is 2.18. The molecule has 0 N–H and O–H groups in total. The summed E-state index contributed by atoms with van der Waals surface area (Å²) in [6.07, 6.45) is 5.08. The van der Waals surface area contributed by atoms with E-state index >= 15 is 0 Å². The first kappa shape index (κ1) is 13.1. The molecule has 4 heteroatoms. The SMILES string of the molecule is CN(C(=O)c1ccncc1Cl)C1CCc2ccccc21. The van der Waals surface area contributed by atoms with Gasteiger partial charge in [0.2, 0.25) is 0 Å². The third-order valence-corrected chi connectivity index (χ3v) is 4.19. The molecule has 20 heavy (non-hydrogen) atoms. The van der Waals surface area contributed by atoms with E-state index in [9.17, 15) is 4.79 Å². The Hall–Kier alpha value is -1.87. The van der Waals surface area contributed by atoms with Crippen LogP contribution in [-0.4, -0.2) is 22.8 Å². The molecule has 0 fully saturated rings. The van der Waals surface area contributed by atoms with Gasteiger partial charge < -0.3 is 4.90 Å². The molecule has 0 radical (unpaired) electrons. The number of hydrogen-bond donors (Lipinski definition) is 0. The van der Waals surface area contributed by atoms with Crippen molar-refractivity contribution < 1.29 is 4.79 Å². The number of halogens is 1. The molecule has 0 saturated carbocycles. The average molecular weight is 287 g/mol. The summed E-state index contributed by atoms with van der Waals surface area (Å²) in [5.74, 6) is -0.0564.